The molecule has 1 aromatic carbocycles. The van der Waals surface area contributed by atoms with Gasteiger partial charge < -0.3 is 24.3 Å². The lowest BCUT2D eigenvalue weighted by Gasteiger charge is -2.40. The maximum absolute atomic E-state index is 12.7. The van der Waals surface area contributed by atoms with Crippen molar-refractivity contribution in [3.05, 3.63) is 24.1 Å². The molecule has 3 rings (SSSR count). The molecule has 2 aromatic rings. The number of hydrogen-bond acceptors (Lipinski definition) is 5. The van der Waals surface area contributed by atoms with E-state index in [1.807, 2.05) is 34.6 Å². The number of urea groups is 1. The highest BCUT2D eigenvalue weighted by Gasteiger charge is 2.32. The highest BCUT2D eigenvalue weighted by Crippen LogP contribution is 2.21. The van der Waals surface area contributed by atoms with Crippen LogP contribution in [-0.2, 0) is 11.2 Å². The van der Waals surface area contributed by atoms with Gasteiger partial charge in [0.25, 0.3) is 0 Å². The molecule has 2 heterocycles. The zero-order chi connectivity index (χ0) is 20.5. The van der Waals surface area contributed by atoms with Crippen molar-refractivity contribution in [1.82, 2.24) is 14.8 Å². The van der Waals surface area contributed by atoms with Crippen LogP contribution in [0, 0.1) is 0 Å². The number of ether oxygens (including phenoxy) is 1. The largest absolute Gasteiger partial charge is 0.444 e. The predicted octanol–water partition coefficient (Wildman–Crippen LogP) is 3.86. The van der Waals surface area contributed by atoms with Crippen LogP contribution < -0.4 is 5.32 Å². The number of rotatable bonds is 2. The number of piperazine rings is 1. The van der Waals surface area contributed by atoms with Crippen LogP contribution >= 0.6 is 0 Å². The summed E-state index contributed by atoms with van der Waals surface area (Å²) in [5.74, 6) is 0.672. The molecular weight excluding hydrogens is 360 g/mol. The van der Waals surface area contributed by atoms with Gasteiger partial charge in [-0.25, -0.2) is 14.6 Å². The van der Waals surface area contributed by atoms with Crippen molar-refractivity contribution in [2.45, 2.75) is 52.7 Å². The fourth-order valence-electron chi connectivity index (χ4n) is 3.15. The van der Waals surface area contributed by atoms with E-state index in [9.17, 15) is 9.59 Å². The van der Waals surface area contributed by atoms with Gasteiger partial charge in [0.2, 0.25) is 0 Å². The Kier molecular flexibility index (Phi) is 5.49. The second kappa shape index (κ2) is 7.69. The van der Waals surface area contributed by atoms with E-state index in [4.69, 9.17) is 9.15 Å². The number of benzene rings is 1. The van der Waals surface area contributed by atoms with Gasteiger partial charge in [0.05, 0.1) is 0 Å². The number of anilines is 1. The number of amides is 3. The highest BCUT2D eigenvalue weighted by atomic mass is 16.6. The van der Waals surface area contributed by atoms with Crippen molar-refractivity contribution in [2.24, 2.45) is 0 Å². The first kappa shape index (κ1) is 20.0. The van der Waals surface area contributed by atoms with E-state index in [0.717, 1.165) is 11.9 Å². The van der Waals surface area contributed by atoms with Crippen molar-refractivity contribution in [1.29, 1.82) is 0 Å². The SMILES string of the molecule is CCc1nc2cc(NC(=O)N3CCN(C(=O)OC(C)(C)C)C[C@@H]3C)ccc2o1. The summed E-state index contributed by atoms with van der Waals surface area (Å²) in [7, 11) is 0. The Labute approximate surface area is 164 Å². The van der Waals surface area contributed by atoms with Gasteiger partial charge in [-0.3, -0.25) is 0 Å². The maximum Gasteiger partial charge on any atom is 0.410 e. The lowest BCUT2D eigenvalue weighted by atomic mass is 10.2. The first-order valence-electron chi connectivity index (χ1n) is 9.61. The molecule has 8 nitrogen and oxygen atoms in total. The Bertz CT molecular complexity index is 871. The second-order valence-electron chi connectivity index (χ2n) is 8.04. The zero-order valence-corrected chi connectivity index (χ0v) is 17.1. The second-order valence-corrected chi connectivity index (χ2v) is 8.04. The van der Waals surface area contributed by atoms with Crippen LogP contribution in [0.3, 0.4) is 0 Å². The molecule has 0 unspecified atom stereocenters. The van der Waals surface area contributed by atoms with Crippen LogP contribution in [-0.4, -0.2) is 58.2 Å². The molecule has 1 N–H and O–H groups in total. The standard InChI is InChI=1S/C20H28N4O4/c1-6-17-22-15-11-14(7-8-16(15)27-17)21-18(25)24-10-9-23(12-13(24)2)19(26)28-20(3,4)5/h7-8,11,13H,6,9-10,12H2,1-5H3,(H,21,25)/t13-/m0/s1. The first-order valence-corrected chi connectivity index (χ1v) is 9.61. The van der Waals surface area contributed by atoms with Gasteiger partial charge in [0.15, 0.2) is 11.5 Å². The molecule has 1 saturated heterocycles. The van der Waals surface area contributed by atoms with Crippen molar-refractivity contribution in [3.8, 4) is 0 Å². The number of aromatic nitrogens is 1. The molecule has 1 aliphatic heterocycles. The van der Waals surface area contributed by atoms with Crippen LogP contribution in [0.5, 0.6) is 0 Å². The van der Waals surface area contributed by atoms with Crippen LogP contribution in [0.2, 0.25) is 0 Å². The van der Waals surface area contributed by atoms with Crippen molar-refractivity contribution in [2.75, 3.05) is 25.0 Å². The molecule has 0 aliphatic carbocycles. The van der Waals surface area contributed by atoms with E-state index in [2.05, 4.69) is 10.3 Å². The van der Waals surface area contributed by atoms with Gasteiger partial charge >= 0.3 is 12.1 Å². The van der Waals surface area contributed by atoms with Gasteiger partial charge in [-0.15, -0.1) is 0 Å². The van der Waals surface area contributed by atoms with Crippen LogP contribution in [0.1, 0.15) is 40.5 Å². The molecule has 0 spiro atoms. The molecule has 28 heavy (non-hydrogen) atoms. The van der Waals surface area contributed by atoms with Crippen molar-refractivity contribution < 1.29 is 18.7 Å². The van der Waals surface area contributed by atoms with E-state index < -0.39 is 5.60 Å². The summed E-state index contributed by atoms with van der Waals surface area (Å²) in [5, 5.41) is 2.91. The van der Waals surface area contributed by atoms with Crippen molar-refractivity contribution >= 4 is 28.9 Å². The van der Waals surface area contributed by atoms with Crippen LogP contribution in [0.4, 0.5) is 15.3 Å². The van der Waals surface area contributed by atoms with Gasteiger partial charge in [-0.05, 0) is 45.9 Å². The van der Waals surface area contributed by atoms with E-state index in [1.54, 1.807) is 28.0 Å². The number of fused-ring (bicyclic) bond motifs is 1. The summed E-state index contributed by atoms with van der Waals surface area (Å²) in [6.07, 6.45) is 0.373. The summed E-state index contributed by atoms with van der Waals surface area (Å²) < 4.78 is 11.0. The number of hydrogen-bond donors (Lipinski definition) is 1. The number of nitrogens with one attached hydrogen (secondary N) is 1. The molecule has 3 amide bonds. The summed E-state index contributed by atoms with van der Waals surface area (Å²) in [4.78, 5) is 32.7. The van der Waals surface area contributed by atoms with Gasteiger partial charge in [0.1, 0.15) is 11.1 Å². The number of oxazole rings is 1. The molecule has 8 heteroatoms. The fourth-order valence-corrected chi connectivity index (χ4v) is 3.15. The lowest BCUT2D eigenvalue weighted by molar-refractivity contribution is 0.0112. The van der Waals surface area contributed by atoms with E-state index >= 15 is 0 Å². The molecule has 1 fully saturated rings. The van der Waals surface area contributed by atoms with Crippen molar-refractivity contribution in [3.63, 3.8) is 0 Å². The highest BCUT2D eigenvalue weighted by molar-refractivity contribution is 5.92. The summed E-state index contributed by atoms with van der Waals surface area (Å²) in [6.45, 7) is 10.7. The Hall–Kier alpha value is -2.77. The molecule has 0 radical (unpaired) electrons. The Balaban J connectivity index is 1.61. The lowest BCUT2D eigenvalue weighted by Crippen LogP contribution is -2.57. The normalized spacial score (nSPS) is 17.7. The summed E-state index contributed by atoms with van der Waals surface area (Å²) in [5.41, 5.74) is 1.55. The summed E-state index contributed by atoms with van der Waals surface area (Å²) >= 11 is 0. The van der Waals surface area contributed by atoms with E-state index in [1.165, 1.54) is 0 Å². The molecular formula is C20H28N4O4. The molecule has 1 aromatic heterocycles. The number of carbonyl (C=O) groups excluding carboxylic acids is 2. The third kappa shape index (κ3) is 4.55. The van der Waals surface area contributed by atoms with Gasteiger partial charge in [0, 0.05) is 37.8 Å². The number of nitrogens with zero attached hydrogens (tertiary/aromatic N) is 3. The van der Waals surface area contributed by atoms with Gasteiger partial charge in [-0.1, -0.05) is 6.92 Å². The Morgan fingerprint density at radius 1 is 1.32 bits per heavy atom. The minimum atomic E-state index is -0.535. The maximum atomic E-state index is 12.7. The van der Waals surface area contributed by atoms with E-state index in [0.29, 0.717) is 36.8 Å². The minimum absolute atomic E-state index is 0.122. The molecule has 1 atom stereocenters. The molecule has 0 bridgehead atoms. The van der Waals surface area contributed by atoms with Gasteiger partial charge in [-0.2, -0.15) is 0 Å². The smallest absolute Gasteiger partial charge is 0.410 e. The zero-order valence-electron chi connectivity index (χ0n) is 17.1. The topological polar surface area (TPSA) is 87.9 Å². The third-order valence-corrected chi connectivity index (χ3v) is 4.53. The first-order chi connectivity index (χ1) is 13.2. The minimum Gasteiger partial charge on any atom is -0.444 e. The number of aryl methyl sites for hydroxylation is 1. The Morgan fingerprint density at radius 3 is 2.71 bits per heavy atom. The number of carbonyl (C=O) groups is 2. The fraction of sp³-hybridized carbons (Fsp3) is 0.550. The predicted molar refractivity (Wildman–Crippen MR) is 106 cm³/mol. The average Bonchev–Trinajstić information content (AvgIpc) is 3.02. The summed E-state index contributed by atoms with van der Waals surface area (Å²) in [6, 6.07) is 5.09. The molecule has 152 valence electrons. The molecule has 0 saturated carbocycles. The molecule has 1 aliphatic rings. The van der Waals surface area contributed by atoms with E-state index in [-0.39, 0.29) is 18.2 Å². The average molecular weight is 388 g/mol. The third-order valence-electron chi connectivity index (χ3n) is 4.53. The Morgan fingerprint density at radius 2 is 2.07 bits per heavy atom. The monoisotopic (exact) mass is 388 g/mol. The van der Waals surface area contributed by atoms with Crippen LogP contribution in [0.15, 0.2) is 22.6 Å². The quantitative estimate of drug-likeness (QED) is 0.844. The van der Waals surface area contributed by atoms with Crippen LogP contribution in [0.25, 0.3) is 11.1 Å².